The maximum atomic E-state index is 13.3. The first-order valence-electron chi connectivity index (χ1n) is 41.0. The molecular formula is C88H114O20. The molecule has 586 valence electrons. The fraction of sp³-hybridized carbons (Fsp3) is 0.750. The molecule has 9 saturated carbocycles. The molecule has 0 amide bonds. The van der Waals surface area contributed by atoms with Crippen LogP contribution in [0.15, 0.2) is 69.9 Å². The zero-order valence-electron chi connectivity index (χ0n) is 65.8. The third kappa shape index (κ3) is 10.5. The van der Waals surface area contributed by atoms with Crippen molar-refractivity contribution in [3.8, 4) is 0 Å². The van der Waals surface area contributed by atoms with E-state index in [2.05, 4.69) is 48.5 Å². The van der Waals surface area contributed by atoms with Gasteiger partial charge in [-0.05, 0) is 279 Å². The molecule has 6 aliphatic heterocycles. The molecule has 18 aliphatic rings. The number of esters is 5. The average molecular weight is 1490 g/mol. The van der Waals surface area contributed by atoms with E-state index in [-0.39, 0.29) is 155 Å². The van der Waals surface area contributed by atoms with E-state index < -0.39 is 51.1 Å². The van der Waals surface area contributed by atoms with E-state index in [1.54, 1.807) is 12.2 Å². The molecule has 31 atom stereocenters. The third-order valence-electron chi connectivity index (χ3n) is 34.9. The van der Waals surface area contributed by atoms with Gasteiger partial charge in [-0.3, -0.25) is 33.6 Å². The lowest BCUT2D eigenvalue weighted by Crippen LogP contribution is -2.63. The molecule has 0 aromatic carbocycles. The SMILES string of the molecule is CC(=O)OCC1=C(C)CC([C@@H](C)C2CCC3C4C[C@H]5O[C@]56C(=O)C=CC(=O)[C@]6(C)C4CC[C@@]32C)OC1=O.CC(=O)OCC1=C(C)CC([C@@H](C)C2CCC3C4C[C@H]5O[C@]56[C@H](O)C=CC(=O)[C@]6(C)C4CC[C@@]32C)OC1=O.CC1=C(CO)C(=O)OC([C@@H](C)C2CCC3C4C[C@H]5O[C@]56C(=O)C=CC(=O)[C@]6(C)C4CC[C@@]32C)C1. The van der Waals surface area contributed by atoms with Crippen LogP contribution in [0.2, 0.25) is 0 Å². The topological polar surface area (TPSA) is 295 Å². The summed E-state index contributed by atoms with van der Waals surface area (Å²) in [6, 6.07) is 0. The molecular weight excluding hydrogens is 1380 g/mol. The molecule has 0 aromatic heterocycles. The number of hydrogen-bond donors (Lipinski definition) is 2. The molecule has 12 fully saturated rings. The van der Waals surface area contributed by atoms with Crippen molar-refractivity contribution in [3.05, 3.63) is 69.9 Å². The normalized spacial score (nSPS) is 48.6. The fourth-order valence-electron chi connectivity index (χ4n) is 29.0. The van der Waals surface area contributed by atoms with Crippen molar-refractivity contribution >= 4 is 58.8 Å². The Morgan fingerprint density at radius 3 is 1.13 bits per heavy atom. The van der Waals surface area contributed by atoms with Crippen LogP contribution in [-0.4, -0.2) is 148 Å². The highest BCUT2D eigenvalue weighted by molar-refractivity contribution is 6.16. The number of epoxide rings is 3. The van der Waals surface area contributed by atoms with Gasteiger partial charge in [0.15, 0.2) is 40.1 Å². The van der Waals surface area contributed by atoms with Crippen LogP contribution in [0.1, 0.15) is 213 Å². The summed E-state index contributed by atoms with van der Waals surface area (Å²) in [5.41, 5.74) is -0.291. The largest absolute Gasteiger partial charge is 0.461 e. The second-order valence-corrected chi connectivity index (χ2v) is 38.5. The number of cyclic esters (lactones) is 3. The average Bonchev–Trinajstić information content (AvgIpc) is 1.50. The van der Waals surface area contributed by atoms with Crippen LogP contribution in [0.25, 0.3) is 0 Å². The van der Waals surface area contributed by atoms with Gasteiger partial charge in [0.25, 0.3) is 0 Å². The molecule has 2 N–H and O–H groups in total. The van der Waals surface area contributed by atoms with E-state index in [0.29, 0.717) is 89.2 Å². The lowest BCUT2D eigenvalue weighted by Gasteiger charge is -2.58. The van der Waals surface area contributed by atoms with Crippen molar-refractivity contribution in [1.29, 1.82) is 0 Å². The number of aliphatic hydroxyl groups is 2. The van der Waals surface area contributed by atoms with E-state index in [1.807, 2.05) is 34.6 Å². The summed E-state index contributed by atoms with van der Waals surface area (Å²) >= 11 is 0. The van der Waals surface area contributed by atoms with Crippen molar-refractivity contribution in [2.75, 3.05) is 19.8 Å². The summed E-state index contributed by atoms with van der Waals surface area (Å²) in [6.07, 6.45) is 24.6. The Kier molecular flexibility index (Phi) is 18.3. The summed E-state index contributed by atoms with van der Waals surface area (Å²) in [5.74, 6) is 3.23. The smallest absolute Gasteiger partial charge is 0.337 e. The van der Waals surface area contributed by atoms with E-state index in [4.69, 9.17) is 37.9 Å². The van der Waals surface area contributed by atoms with E-state index in [0.717, 1.165) is 113 Å². The minimum atomic E-state index is -0.928. The van der Waals surface area contributed by atoms with Gasteiger partial charge in [0.1, 0.15) is 43.2 Å². The van der Waals surface area contributed by atoms with Crippen molar-refractivity contribution in [2.45, 2.75) is 272 Å². The predicted octanol–water partition coefficient (Wildman–Crippen LogP) is 11.6. The van der Waals surface area contributed by atoms with Crippen LogP contribution < -0.4 is 0 Å². The Morgan fingerprint density at radius 2 is 0.778 bits per heavy atom. The summed E-state index contributed by atoms with van der Waals surface area (Å²) in [6.45, 7) is 28.1. The number of ketones is 5. The Morgan fingerprint density at radius 1 is 0.444 bits per heavy atom. The monoisotopic (exact) mass is 1490 g/mol. The first-order valence-corrected chi connectivity index (χ1v) is 41.0. The van der Waals surface area contributed by atoms with Gasteiger partial charge in [-0.25, -0.2) is 14.4 Å². The maximum Gasteiger partial charge on any atom is 0.337 e. The fourth-order valence-corrected chi connectivity index (χ4v) is 29.0. The Bertz CT molecular complexity index is 4110. The van der Waals surface area contributed by atoms with Gasteiger partial charge < -0.3 is 48.1 Å². The number of allylic oxidation sites excluding steroid dienone is 3. The predicted molar refractivity (Wildman–Crippen MR) is 390 cm³/mol. The van der Waals surface area contributed by atoms with Gasteiger partial charge >= 0.3 is 29.8 Å². The summed E-state index contributed by atoms with van der Waals surface area (Å²) in [5, 5.41) is 20.4. The van der Waals surface area contributed by atoms with Crippen LogP contribution >= 0.6 is 0 Å². The van der Waals surface area contributed by atoms with E-state index >= 15 is 0 Å². The standard InChI is InChI=1S/C30H40O7.C30H38O7.C28H36O6/c2*1-15-12-23(36-27(34)19(15)14-35-17(3)31)16(2)20-6-7-21-18-13-26-30(37-26)25(33)9-8-24(32)29(30,5)22(18)10-11-28(20,21)4;1-14-11-21(33-25(32)17(14)13-29)15(2)18-5-6-19-16-12-24-28(34-24)23(31)8-7-22(30)27(28,4)20(16)9-10-26(18,19)3/h8-9,16,18,20-23,25-26,33H,6-7,10-14H2,1-5H3;8-9,16,18,20-23,26H,6-7,10-14H2,1-5H3;7-8,15-16,18-21,24,29H,5-6,9-13H2,1-4H3/t16-,18?,20?,21?,22?,23?,25+,26+,28+,29-,30+;16-,18?,20?,21?,22?,23?,26+,28+,29-,30+;15-,16?,18?,19?,20?,21?,24+,26+,27-,28+/m000/s1. The summed E-state index contributed by atoms with van der Waals surface area (Å²) in [4.78, 5) is 126. The number of rotatable bonds is 11. The van der Waals surface area contributed by atoms with Crippen molar-refractivity contribution in [2.24, 2.45) is 121 Å². The lowest BCUT2D eigenvalue weighted by molar-refractivity contribution is -0.157. The van der Waals surface area contributed by atoms with Crippen molar-refractivity contribution in [3.63, 3.8) is 0 Å². The minimum absolute atomic E-state index is 0.0194. The molecule has 20 heteroatoms. The molecule has 6 heterocycles. The molecule has 0 aromatic rings. The highest BCUT2D eigenvalue weighted by atomic mass is 16.6. The zero-order chi connectivity index (χ0) is 77.2. The van der Waals surface area contributed by atoms with Gasteiger partial charge in [-0.2, -0.15) is 0 Å². The second-order valence-electron chi connectivity index (χ2n) is 38.5. The Labute approximate surface area is 634 Å². The summed E-state index contributed by atoms with van der Waals surface area (Å²) in [7, 11) is 0. The Hall–Kier alpha value is -6.06. The number of carbonyl (C=O) groups excluding carboxylic acids is 10. The van der Waals surface area contributed by atoms with E-state index in [9.17, 15) is 58.2 Å². The molecule has 15 unspecified atom stereocenters. The molecule has 0 bridgehead atoms. The second kappa shape index (κ2) is 26.0. The van der Waals surface area contributed by atoms with Crippen LogP contribution in [0.3, 0.4) is 0 Å². The number of hydrogen-bond acceptors (Lipinski definition) is 20. The van der Waals surface area contributed by atoms with Crippen molar-refractivity contribution < 1.29 is 96.1 Å². The van der Waals surface area contributed by atoms with Crippen LogP contribution in [0.5, 0.6) is 0 Å². The number of carbonyl (C=O) groups is 10. The minimum Gasteiger partial charge on any atom is -0.461 e. The van der Waals surface area contributed by atoms with Gasteiger partial charge in [0.05, 0.1) is 57.9 Å². The maximum absolute atomic E-state index is 13.3. The highest BCUT2D eigenvalue weighted by Gasteiger charge is 2.84. The molecule has 12 aliphatic carbocycles. The zero-order valence-corrected chi connectivity index (χ0v) is 65.8. The molecule has 108 heavy (non-hydrogen) atoms. The van der Waals surface area contributed by atoms with Gasteiger partial charge in [-0.1, -0.05) is 58.3 Å². The van der Waals surface area contributed by atoms with Gasteiger partial charge in [-0.15, -0.1) is 0 Å². The van der Waals surface area contributed by atoms with Gasteiger partial charge in [0.2, 0.25) is 0 Å². The highest BCUT2D eigenvalue weighted by Crippen LogP contribution is 2.77. The molecule has 0 radical (unpaired) electrons. The molecule has 18 rings (SSSR count). The molecule has 3 saturated heterocycles. The number of aliphatic hydroxyl groups excluding tert-OH is 2. The van der Waals surface area contributed by atoms with Crippen molar-refractivity contribution in [1.82, 2.24) is 0 Å². The summed E-state index contributed by atoms with van der Waals surface area (Å²) < 4.78 is 46.4. The first-order chi connectivity index (χ1) is 51.0. The van der Waals surface area contributed by atoms with Gasteiger partial charge in [0, 0.05) is 33.1 Å². The Balaban J connectivity index is 0.000000124. The van der Waals surface area contributed by atoms with Crippen LogP contribution in [0.4, 0.5) is 0 Å². The quantitative estimate of drug-likeness (QED) is 0.110. The van der Waals surface area contributed by atoms with Crippen LogP contribution in [0, 0.1) is 121 Å². The first kappa shape index (κ1) is 76.0. The molecule has 3 spiro atoms. The number of fused-ring (bicyclic) bond motifs is 12. The lowest BCUT2D eigenvalue weighted by atomic mass is 9.44. The number of ether oxygens (including phenoxy) is 8. The van der Waals surface area contributed by atoms with E-state index in [1.165, 1.54) is 38.2 Å². The molecule has 20 nitrogen and oxygen atoms in total. The van der Waals surface area contributed by atoms with Crippen LogP contribution in [-0.2, 0) is 85.8 Å². The third-order valence-corrected chi connectivity index (χ3v) is 34.9.